The van der Waals surface area contributed by atoms with Crippen molar-refractivity contribution in [1.82, 2.24) is 8.87 Å². The molecule has 1 atom stereocenters. The second-order valence-corrected chi connectivity index (χ2v) is 10.1. The van der Waals surface area contributed by atoms with E-state index in [1.165, 1.54) is 6.07 Å². The van der Waals surface area contributed by atoms with Crippen LogP contribution in [-0.2, 0) is 16.6 Å². The smallest absolute Gasteiger partial charge is 0.244 e. The third-order valence-corrected chi connectivity index (χ3v) is 7.76. The molecule has 0 aliphatic carbocycles. The Morgan fingerprint density at radius 3 is 2.45 bits per heavy atom. The van der Waals surface area contributed by atoms with Crippen molar-refractivity contribution in [3.8, 4) is 5.69 Å². The van der Waals surface area contributed by atoms with Crippen LogP contribution in [0, 0.1) is 6.92 Å². The molecular weight excluding hydrogens is 428 g/mol. The summed E-state index contributed by atoms with van der Waals surface area (Å²) < 4.78 is 31.6. The largest absolute Gasteiger partial charge is 0.319 e. The average Bonchev–Trinajstić information content (AvgIpc) is 3.19. The number of sulfonamides is 1. The van der Waals surface area contributed by atoms with Crippen molar-refractivity contribution < 1.29 is 8.42 Å². The highest BCUT2D eigenvalue weighted by atomic mass is 35.5. The van der Waals surface area contributed by atoms with Gasteiger partial charge in [0.1, 0.15) is 0 Å². The summed E-state index contributed by atoms with van der Waals surface area (Å²) in [7, 11) is -3.84. The zero-order valence-corrected chi connectivity index (χ0v) is 18.5. The lowest BCUT2D eigenvalue weighted by molar-refractivity contribution is 0.353. The highest BCUT2D eigenvalue weighted by Crippen LogP contribution is 2.40. The van der Waals surface area contributed by atoms with E-state index in [1.54, 1.807) is 22.5 Å². The van der Waals surface area contributed by atoms with Crippen molar-refractivity contribution in [2.75, 3.05) is 0 Å². The van der Waals surface area contributed by atoms with Gasteiger partial charge in [-0.1, -0.05) is 65.7 Å². The van der Waals surface area contributed by atoms with E-state index in [9.17, 15) is 8.42 Å². The average molecular weight is 449 g/mol. The van der Waals surface area contributed by atoms with Gasteiger partial charge in [0, 0.05) is 29.1 Å². The molecule has 0 spiro atoms. The SMILES string of the molecule is Cc1ccc([C@@H]2c3cccn3-c3ccccc3CN2S(=O)(=O)c2cccc(Cl)c2)cc1. The Morgan fingerprint density at radius 1 is 0.903 bits per heavy atom. The lowest BCUT2D eigenvalue weighted by atomic mass is 10.0. The van der Waals surface area contributed by atoms with E-state index in [1.807, 2.05) is 73.8 Å². The zero-order chi connectivity index (χ0) is 21.6. The Hall–Kier alpha value is -2.86. The fourth-order valence-electron chi connectivity index (χ4n) is 4.19. The number of nitrogens with zero attached hydrogens (tertiary/aromatic N) is 2. The maximum absolute atomic E-state index is 13.9. The fraction of sp³-hybridized carbons (Fsp3) is 0.120. The molecule has 0 saturated heterocycles. The highest BCUT2D eigenvalue weighted by Gasteiger charge is 2.38. The van der Waals surface area contributed by atoms with E-state index in [0.29, 0.717) is 5.02 Å². The number of aryl methyl sites for hydroxylation is 1. The lowest BCUT2D eigenvalue weighted by Gasteiger charge is -2.30. The maximum atomic E-state index is 13.9. The minimum absolute atomic E-state index is 0.189. The molecule has 4 nitrogen and oxygen atoms in total. The molecule has 0 amide bonds. The molecule has 0 N–H and O–H groups in total. The van der Waals surface area contributed by atoms with Gasteiger partial charge in [-0.2, -0.15) is 4.31 Å². The summed E-state index contributed by atoms with van der Waals surface area (Å²) in [6, 6.07) is 25.9. The van der Waals surface area contributed by atoms with Crippen molar-refractivity contribution in [3.63, 3.8) is 0 Å². The van der Waals surface area contributed by atoms with Gasteiger partial charge in [0.05, 0.1) is 10.9 Å². The molecule has 1 aliphatic rings. The number of benzene rings is 3. The highest BCUT2D eigenvalue weighted by molar-refractivity contribution is 7.89. The van der Waals surface area contributed by atoms with E-state index in [2.05, 4.69) is 4.57 Å². The first kappa shape index (κ1) is 20.1. The molecule has 6 heteroatoms. The standard InChI is InChI=1S/C25H21ClN2O2S/c1-18-11-13-19(14-12-18)25-24-10-5-15-27(24)23-9-3-2-6-20(23)17-28(25)31(29,30)22-8-4-7-21(26)16-22/h2-16,25H,17H2,1H3/t25-/m1/s1. The van der Waals surface area contributed by atoms with Crippen molar-refractivity contribution in [2.45, 2.75) is 24.4 Å². The van der Waals surface area contributed by atoms with Gasteiger partial charge in [-0.3, -0.25) is 0 Å². The summed E-state index contributed by atoms with van der Waals surface area (Å²) in [6.07, 6.45) is 1.99. The predicted molar refractivity (Wildman–Crippen MR) is 123 cm³/mol. The minimum atomic E-state index is -3.84. The van der Waals surface area contributed by atoms with Crippen LogP contribution in [0.3, 0.4) is 0 Å². The third-order valence-electron chi connectivity index (χ3n) is 5.72. The molecule has 5 rings (SSSR count). The van der Waals surface area contributed by atoms with E-state index >= 15 is 0 Å². The first-order valence-corrected chi connectivity index (χ1v) is 11.9. The van der Waals surface area contributed by atoms with Crippen LogP contribution in [0.15, 0.2) is 96.0 Å². The summed E-state index contributed by atoms with van der Waals surface area (Å²) in [5.74, 6) is 0. The number of rotatable bonds is 3. The molecule has 31 heavy (non-hydrogen) atoms. The summed E-state index contributed by atoms with van der Waals surface area (Å²) in [4.78, 5) is 0.189. The Kier molecular flexibility index (Phi) is 4.97. The number of hydrogen-bond acceptors (Lipinski definition) is 2. The van der Waals surface area contributed by atoms with Crippen LogP contribution in [0.2, 0.25) is 5.02 Å². The number of hydrogen-bond donors (Lipinski definition) is 0. The number of para-hydroxylation sites is 1. The second kappa shape index (κ2) is 7.68. The van der Waals surface area contributed by atoms with Crippen LogP contribution < -0.4 is 0 Å². The van der Waals surface area contributed by atoms with Gasteiger partial charge in [-0.05, 0) is 54.4 Å². The van der Waals surface area contributed by atoms with Crippen LogP contribution in [0.5, 0.6) is 0 Å². The topological polar surface area (TPSA) is 42.3 Å². The number of fused-ring (bicyclic) bond motifs is 3. The predicted octanol–water partition coefficient (Wildman–Crippen LogP) is 5.73. The summed E-state index contributed by atoms with van der Waals surface area (Å²) in [5.41, 5.74) is 4.88. The van der Waals surface area contributed by atoms with Crippen LogP contribution in [0.25, 0.3) is 5.69 Å². The molecule has 4 aromatic rings. The molecule has 1 aromatic heterocycles. The van der Waals surface area contributed by atoms with Gasteiger partial charge in [0.25, 0.3) is 0 Å². The van der Waals surface area contributed by atoms with E-state index in [-0.39, 0.29) is 11.4 Å². The Bertz CT molecular complexity index is 1360. The van der Waals surface area contributed by atoms with Gasteiger partial charge < -0.3 is 4.57 Å². The summed E-state index contributed by atoms with van der Waals surface area (Å²) in [5, 5.41) is 0.395. The molecule has 3 aromatic carbocycles. The molecular formula is C25H21ClN2O2S. The van der Waals surface area contributed by atoms with E-state index < -0.39 is 16.1 Å². The molecule has 0 radical (unpaired) electrons. The Labute approximate surface area is 187 Å². The van der Waals surface area contributed by atoms with Crippen molar-refractivity contribution >= 4 is 21.6 Å². The van der Waals surface area contributed by atoms with Crippen LogP contribution >= 0.6 is 11.6 Å². The van der Waals surface area contributed by atoms with E-state index in [0.717, 1.165) is 28.1 Å². The molecule has 0 saturated carbocycles. The van der Waals surface area contributed by atoms with Crippen LogP contribution in [-0.4, -0.2) is 17.3 Å². The van der Waals surface area contributed by atoms with Crippen LogP contribution in [0.1, 0.15) is 28.4 Å². The van der Waals surface area contributed by atoms with Crippen molar-refractivity contribution in [2.24, 2.45) is 0 Å². The molecule has 2 heterocycles. The molecule has 0 bridgehead atoms. The summed E-state index contributed by atoms with van der Waals surface area (Å²) >= 11 is 6.15. The third kappa shape index (κ3) is 3.49. The normalized spacial score (nSPS) is 16.4. The van der Waals surface area contributed by atoms with E-state index in [4.69, 9.17) is 11.6 Å². The van der Waals surface area contributed by atoms with Gasteiger partial charge in [0.15, 0.2) is 0 Å². The second-order valence-electron chi connectivity index (χ2n) is 7.75. The first-order chi connectivity index (χ1) is 14.9. The molecule has 1 aliphatic heterocycles. The Balaban J connectivity index is 1.77. The van der Waals surface area contributed by atoms with Crippen molar-refractivity contribution in [3.05, 3.63) is 119 Å². The molecule has 156 valence electrons. The minimum Gasteiger partial charge on any atom is -0.319 e. The summed E-state index contributed by atoms with van der Waals surface area (Å²) in [6.45, 7) is 2.28. The maximum Gasteiger partial charge on any atom is 0.244 e. The first-order valence-electron chi connectivity index (χ1n) is 10.0. The number of halogens is 1. The quantitative estimate of drug-likeness (QED) is 0.401. The molecule has 0 unspecified atom stereocenters. The number of aromatic nitrogens is 1. The van der Waals surface area contributed by atoms with Gasteiger partial charge >= 0.3 is 0 Å². The lowest BCUT2D eigenvalue weighted by Crippen LogP contribution is -2.34. The molecule has 0 fully saturated rings. The van der Waals surface area contributed by atoms with Gasteiger partial charge in [0.2, 0.25) is 10.0 Å². The monoisotopic (exact) mass is 448 g/mol. The Morgan fingerprint density at radius 2 is 1.68 bits per heavy atom. The van der Waals surface area contributed by atoms with Crippen LogP contribution in [0.4, 0.5) is 0 Å². The van der Waals surface area contributed by atoms with Crippen molar-refractivity contribution in [1.29, 1.82) is 0 Å². The zero-order valence-electron chi connectivity index (χ0n) is 16.9. The van der Waals surface area contributed by atoms with Gasteiger partial charge in [-0.25, -0.2) is 8.42 Å². The fourth-order valence-corrected chi connectivity index (χ4v) is 6.06. The van der Waals surface area contributed by atoms with Gasteiger partial charge in [-0.15, -0.1) is 0 Å².